The number of hydrogen-bond donors (Lipinski definition) is 1. The van der Waals surface area contributed by atoms with Crippen molar-refractivity contribution in [3.05, 3.63) is 79.5 Å². The fraction of sp³-hybridized carbons (Fsp3) is 0.320. The largest absolute Gasteiger partial charge is 0.307 e. The van der Waals surface area contributed by atoms with E-state index in [4.69, 9.17) is 11.6 Å². The fourth-order valence-electron chi connectivity index (χ4n) is 6.90. The SMILES string of the molecule is O=C1[C@@H]2[C@H]3C[C@@H]([C@@H]2C(=O)N1c1ccc(Cl)cc1)[C@@H]1[C@@H](c2ccc(F)cc2)c2sc(=O)[nH]c2S[C@H]31. The Labute approximate surface area is 207 Å². The predicted molar refractivity (Wildman–Crippen MR) is 129 cm³/mol. The second kappa shape index (κ2) is 7.29. The lowest BCUT2D eigenvalue weighted by atomic mass is 9.68. The van der Waals surface area contributed by atoms with Crippen LogP contribution >= 0.6 is 34.7 Å². The molecule has 4 aliphatic rings. The number of rotatable bonds is 2. The van der Waals surface area contributed by atoms with Crippen LogP contribution in [0, 0.1) is 35.4 Å². The third-order valence-corrected chi connectivity index (χ3v) is 10.9. The number of halogens is 2. The van der Waals surface area contributed by atoms with Crippen LogP contribution in [0.3, 0.4) is 0 Å². The summed E-state index contributed by atoms with van der Waals surface area (Å²) in [6, 6.07) is 13.3. The van der Waals surface area contributed by atoms with Crippen molar-refractivity contribution in [1.82, 2.24) is 4.98 Å². The number of carbonyl (C=O) groups excluding carboxylic acids is 2. The molecular formula is C25H18ClFN2O3S2. The van der Waals surface area contributed by atoms with Crippen molar-refractivity contribution < 1.29 is 14.0 Å². The molecule has 7 atom stereocenters. The molecule has 3 aromatic rings. The average molecular weight is 513 g/mol. The third-order valence-electron chi connectivity index (χ3n) is 8.04. The number of thioether (sulfide) groups is 1. The summed E-state index contributed by atoms with van der Waals surface area (Å²) in [4.78, 5) is 44.6. The molecule has 7 rings (SSSR count). The van der Waals surface area contributed by atoms with E-state index < -0.39 is 0 Å². The van der Waals surface area contributed by atoms with E-state index in [1.807, 2.05) is 0 Å². The van der Waals surface area contributed by atoms with E-state index in [0.29, 0.717) is 10.7 Å². The summed E-state index contributed by atoms with van der Waals surface area (Å²) in [5.74, 6) is -1.21. The van der Waals surface area contributed by atoms with E-state index in [-0.39, 0.29) is 63.3 Å². The van der Waals surface area contributed by atoms with Crippen molar-refractivity contribution in [2.75, 3.05) is 4.90 Å². The Balaban J connectivity index is 1.32. The lowest BCUT2D eigenvalue weighted by Crippen LogP contribution is -2.42. The zero-order valence-corrected chi connectivity index (χ0v) is 20.0. The number of H-pyrrole nitrogens is 1. The smallest absolute Gasteiger partial charge is 0.305 e. The molecule has 3 heterocycles. The number of nitrogens with one attached hydrogen (secondary N) is 1. The van der Waals surface area contributed by atoms with Crippen LogP contribution in [0.2, 0.25) is 5.02 Å². The van der Waals surface area contributed by atoms with Crippen LogP contribution < -0.4 is 9.77 Å². The maximum Gasteiger partial charge on any atom is 0.305 e. The molecule has 2 aromatic carbocycles. The van der Waals surface area contributed by atoms with Gasteiger partial charge in [0.15, 0.2) is 0 Å². The highest BCUT2D eigenvalue weighted by molar-refractivity contribution is 8.00. The van der Waals surface area contributed by atoms with Crippen LogP contribution in [0.15, 0.2) is 58.4 Å². The Morgan fingerprint density at radius 2 is 1.62 bits per heavy atom. The Bertz CT molecular complexity index is 1400. The van der Waals surface area contributed by atoms with Crippen molar-refractivity contribution in [3.8, 4) is 0 Å². The summed E-state index contributed by atoms with van der Waals surface area (Å²) in [7, 11) is 0. The summed E-state index contributed by atoms with van der Waals surface area (Å²) < 4.78 is 13.7. The molecule has 2 saturated carbocycles. The Hall–Kier alpha value is -2.42. The number of thiazole rings is 1. The van der Waals surface area contributed by atoms with Gasteiger partial charge in [0, 0.05) is 21.1 Å². The van der Waals surface area contributed by atoms with Gasteiger partial charge in [0.2, 0.25) is 11.8 Å². The van der Waals surface area contributed by atoms with Crippen molar-refractivity contribution in [2.45, 2.75) is 22.6 Å². The monoisotopic (exact) mass is 512 g/mol. The summed E-state index contributed by atoms with van der Waals surface area (Å²) in [5, 5.41) is 1.51. The zero-order valence-electron chi connectivity index (χ0n) is 17.6. The summed E-state index contributed by atoms with van der Waals surface area (Å²) in [5.41, 5.74) is 1.51. The van der Waals surface area contributed by atoms with Gasteiger partial charge in [-0.15, -0.1) is 11.8 Å². The molecule has 5 nitrogen and oxygen atoms in total. The van der Waals surface area contributed by atoms with Gasteiger partial charge in [-0.05, 0) is 66.1 Å². The maximum absolute atomic E-state index is 13.7. The Morgan fingerprint density at radius 1 is 0.941 bits per heavy atom. The first-order valence-corrected chi connectivity index (χ1v) is 13.3. The van der Waals surface area contributed by atoms with Crippen LogP contribution in [-0.2, 0) is 9.59 Å². The Kier molecular flexibility index (Phi) is 4.48. The molecule has 0 unspecified atom stereocenters. The first kappa shape index (κ1) is 20.9. The molecule has 2 bridgehead atoms. The maximum atomic E-state index is 13.7. The molecule has 2 aliphatic heterocycles. The summed E-state index contributed by atoms with van der Waals surface area (Å²) in [6.07, 6.45) is 0.820. The number of fused-ring (bicyclic) bond motifs is 9. The number of amides is 2. The van der Waals surface area contributed by atoms with Crippen LogP contribution in [0.5, 0.6) is 0 Å². The molecule has 0 spiro atoms. The highest BCUT2D eigenvalue weighted by Crippen LogP contribution is 2.68. The molecular weight excluding hydrogens is 495 g/mol. The van der Waals surface area contributed by atoms with Gasteiger partial charge in [-0.25, -0.2) is 4.39 Å². The van der Waals surface area contributed by atoms with Gasteiger partial charge in [-0.1, -0.05) is 35.1 Å². The molecule has 1 aromatic heterocycles. The normalized spacial score (nSPS) is 33.2. The van der Waals surface area contributed by atoms with E-state index in [1.54, 1.807) is 48.2 Å². The Morgan fingerprint density at radius 3 is 2.32 bits per heavy atom. The minimum Gasteiger partial charge on any atom is -0.307 e. The van der Waals surface area contributed by atoms with Crippen molar-refractivity contribution in [1.29, 1.82) is 0 Å². The topological polar surface area (TPSA) is 70.2 Å². The number of hydrogen-bond acceptors (Lipinski definition) is 5. The van der Waals surface area contributed by atoms with Crippen LogP contribution in [0.4, 0.5) is 10.1 Å². The third kappa shape index (κ3) is 2.76. The molecule has 2 amide bonds. The first-order valence-electron chi connectivity index (χ1n) is 11.2. The standard InChI is InChI=1S/C25H18ClFN2O3S2/c26-11-3-7-13(8-4-11)29-23(30)18-14-9-15(19(18)24(29)31)20-17(14)16(10-1-5-12(27)6-2-10)21-22(33-20)28-25(32)34-21/h1-8,14-20H,9H2,(H,28,32)/t14-,15-,16-,17-,18+,19-,20-/m1/s1. The number of nitrogens with zero attached hydrogens (tertiary/aromatic N) is 1. The highest BCUT2D eigenvalue weighted by Gasteiger charge is 2.69. The van der Waals surface area contributed by atoms with Gasteiger partial charge < -0.3 is 4.98 Å². The number of aromatic amines is 1. The van der Waals surface area contributed by atoms with Gasteiger partial charge in [-0.3, -0.25) is 19.3 Å². The van der Waals surface area contributed by atoms with E-state index in [1.165, 1.54) is 28.4 Å². The zero-order chi connectivity index (χ0) is 23.3. The molecule has 0 radical (unpaired) electrons. The van der Waals surface area contributed by atoms with Crippen LogP contribution in [-0.4, -0.2) is 22.0 Å². The molecule has 1 saturated heterocycles. The highest BCUT2D eigenvalue weighted by atomic mass is 35.5. The number of imide groups is 1. The van der Waals surface area contributed by atoms with Gasteiger partial charge in [-0.2, -0.15) is 0 Å². The second-order valence-corrected chi connectivity index (χ2v) is 12.1. The molecule has 2 aliphatic carbocycles. The fourth-order valence-corrected chi connectivity index (χ4v) is 9.92. The number of benzene rings is 2. The number of anilines is 1. The van der Waals surface area contributed by atoms with Gasteiger partial charge >= 0.3 is 4.87 Å². The van der Waals surface area contributed by atoms with E-state index >= 15 is 0 Å². The molecule has 34 heavy (non-hydrogen) atoms. The lowest BCUT2D eigenvalue weighted by Gasteiger charge is -2.43. The first-order chi connectivity index (χ1) is 16.4. The van der Waals surface area contributed by atoms with Crippen molar-refractivity contribution >= 4 is 52.2 Å². The lowest BCUT2D eigenvalue weighted by molar-refractivity contribution is -0.123. The van der Waals surface area contributed by atoms with Crippen molar-refractivity contribution in [3.63, 3.8) is 0 Å². The van der Waals surface area contributed by atoms with Gasteiger partial charge in [0.05, 0.1) is 22.5 Å². The van der Waals surface area contributed by atoms with E-state index in [9.17, 15) is 18.8 Å². The van der Waals surface area contributed by atoms with Crippen LogP contribution in [0.1, 0.15) is 22.8 Å². The second-order valence-electron chi connectivity index (χ2n) is 9.50. The molecule has 9 heteroatoms. The van der Waals surface area contributed by atoms with Gasteiger partial charge in [0.1, 0.15) is 5.82 Å². The summed E-state index contributed by atoms with van der Waals surface area (Å²) in [6.45, 7) is 0. The van der Waals surface area contributed by atoms with E-state index in [0.717, 1.165) is 21.9 Å². The summed E-state index contributed by atoms with van der Waals surface area (Å²) >= 11 is 8.86. The number of carbonyl (C=O) groups is 2. The quantitative estimate of drug-likeness (QED) is 0.495. The molecule has 3 fully saturated rings. The number of aromatic nitrogens is 1. The predicted octanol–water partition coefficient (Wildman–Crippen LogP) is 4.91. The minimum absolute atomic E-state index is 0.0293. The van der Waals surface area contributed by atoms with E-state index in [2.05, 4.69) is 4.98 Å². The van der Waals surface area contributed by atoms with Crippen molar-refractivity contribution in [2.24, 2.45) is 29.6 Å². The average Bonchev–Trinajstić information content (AvgIpc) is 3.54. The minimum atomic E-state index is -0.366. The van der Waals surface area contributed by atoms with Gasteiger partial charge in [0.25, 0.3) is 0 Å². The molecule has 1 N–H and O–H groups in total. The molecule has 172 valence electrons. The van der Waals surface area contributed by atoms with Crippen LogP contribution in [0.25, 0.3) is 0 Å².